The number of nitrogens with zero attached hydrogens (tertiary/aromatic N) is 2. The first-order chi connectivity index (χ1) is 8.31. The first kappa shape index (κ1) is 11.6. The van der Waals surface area contributed by atoms with Gasteiger partial charge < -0.3 is 10.2 Å². The number of hydrogen-bond donors (Lipinski definition) is 1. The van der Waals surface area contributed by atoms with Gasteiger partial charge in [0, 0.05) is 43.4 Å². The topological polar surface area (TPSA) is 28.2 Å². The number of aromatic nitrogens is 1. The Labute approximate surface area is 107 Å². The molecule has 0 bridgehead atoms. The molecule has 1 aliphatic heterocycles. The summed E-state index contributed by atoms with van der Waals surface area (Å²) in [7, 11) is 2.20. The van der Waals surface area contributed by atoms with Crippen molar-refractivity contribution in [1.82, 2.24) is 15.2 Å². The maximum Gasteiger partial charge on any atom is 0.0944 e. The predicted molar refractivity (Wildman–Crippen MR) is 71.7 cm³/mol. The van der Waals surface area contributed by atoms with Crippen molar-refractivity contribution in [1.29, 1.82) is 0 Å². The van der Waals surface area contributed by atoms with Gasteiger partial charge in [0.05, 0.1) is 10.7 Å². The summed E-state index contributed by atoms with van der Waals surface area (Å²) in [5.74, 6) is 0.780. The second-order valence-electron chi connectivity index (χ2n) is 5.41. The monoisotopic (exact) mass is 251 g/mol. The summed E-state index contributed by atoms with van der Waals surface area (Å²) in [6.45, 7) is 3.43. The smallest absolute Gasteiger partial charge is 0.0944 e. The van der Waals surface area contributed by atoms with E-state index in [-0.39, 0.29) is 0 Å². The largest absolute Gasteiger partial charge is 0.311 e. The molecule has 0 amide bonds. The molecule has 1 N–H and O–H groups in total. The van der Waals surface area contributed by atoms with E-state index in [2.05, 4.69) is 22.6 Å². The molecule has 94 valence electrons. The molecular weight excluding hydrogens is 230 g/mol. The second-order valence-corrected chi connectivity index (χ2v) is 6.35. The lowest BCUT2D eigenvalue weighted by Gasteiger charge is -2.30. The van der Waals surface area contributed by atoms with Gasteiger partial charge in [-0.15, -0.1) is 11.3 Å². The predicted octanol–water partition coefficient (Wildman–Crippen LogP) is 1.86. The SMILES string of the molecule is CN1CCNC(Cc2nc(C3CCC3)cs2)C1. The lowest BCUT2D eigenvalue weighted by atomic mass is 9.83. The minimum Gasteiger partial charge on any atom is -0.311 e. The van der Waals surface area contributed by atoms with Crippen LogP contribution < -0.4 is 5.32 Å². The summed E-state index contributed by atoms with van der Waals surface area (Å²) in [4.78, 5) is 7.22. The lowest BCUT2D eigenvalue weighted by molar-refractivity contribution is 0.238. The molecule has 2 heterocycles. The van der Waals surface area contributed by atoms with Crippen LogP contribution in [0.5, 0.6) is 0 Å². The zero-order valence-corrected chi connectivity index (χ0v) is 11.3. The number of rotatable bonds is 3. The molecule has 1 atom stereocenters. The average Bonchev–Trinajstić information content (AvgIpc) is 2.63. The standard InChI is InChI=1S/C13H21N3S/c1-16-6-5-14-11(8-16)7-13-15-12(9-17-13)10-3-2-4-10/h9-11,14H,2-8H2,1H3. The molecule has 1 unspecified atom stereocenters. The third-order valence-electron chi connectivity index (χ3n) is 3.97. The first-order valence-electron chi connectivity index (χ1n) is 6.67. The highest BCUT2D eigenvalue weighted by atomic mass is 32.1. The molecule has 0 aromatic carbocycles. The summed E-state index contributed by atoms with van der Waals surface area (Å²) < 4.78 is 0. The Bertz CT molecular complexity index is 372. The maximum atomic E-state index is 4.81. The van der Waals surface area contributed by atoms with Crippen LogP contribution in [0.15, 0.2) is 5.38 Å². The highest BCUT2D eigenvalue weighted by Crippen LogP contribution is 2.36. The molecule has 1 aromatic heterocycles. The van der Waals surface area contributed by atoms with Gasteiger partial charge >= 0.3 is 0 Å². The van der Waals surface area contributed by atoms with Gasteiger partial charge in [-0.3, -0.25) is 0 Å². The Morgan fingerprint density at radius 3 is 3.12 bits per heavy atom. The second kappa shape index (κ2) is 5.04. The fraction of sp³-hybridized carbons (Fsp3) is 0.769. The van der Waals surface area contributed by atoms with Crippen molar-refractivity contribution >= 4 is 11.3 Å². The fourth-order valence-corrected chi connectivity index (χ4v) is 3.61. The van der Waals surface area contributed by atoms with E-state index in [0.29, 0.717) is 6.04 Å². The van der Waals surface area contributed by atoms with Gasteiger partial charge in [0.1, 0.15) is 0 Å². The van der Waals surface area contributed by atoms with Gasteiger partial charge in [0.25, 0.3) is 0 Å². The van der Waals surface area contributed by atoms with E-state index < -0.39 is 0 Å². The zero-order valence-electron chi connectivity index (χ0n) is 10.5. The molecule has 17 heavy (non-hydrogen) atoms. The van der Waals surface area contributed by atoms with Crippen LogP contribution in [0.25, 0.3) is 0 Å². The van der Waals surface area contributed by atoms with Gasteiger partial charge in [-0.25, -0.2) is 4.98 Å². The molecule has 1 aliphatic carbocycles. The number of piperazine rings is 1. The number of likely N-dealkylation sites (N-methyl/N-ethyl adjacent to an activating group) is 1. The van der Waals surface area contributed by atoms with E-state index in [4.69, 9.17) is 4.98 Å². The van der Waals surface area contributed by atoms with E-state index in [9.17, 15) is 0 Å². The molecule has 2 fully saturated rings. The van der Waals surface area contributed by atoms with Gasteiger partial charge in [0.2, 0.25) is 0 Å². The molecule has 3 rings (SSSR count). The van der Waals surface area contributed by atoms with E-state index in [1.54, 1.807) is 0 Å². The number of nitrogens with one attached hydrogen (secondary N) is 1. The van der Waals surface area contributed by atoms with Crippen molar-refractivity contribution in [2.24, 2.45) is 0 Å². The summed E-state index contributed by atoms with van der Waals surface area (Å²) in [5.41, 5.74) is 1.36. The third kappa shape index (κ3) is 2.69. The molecule has 1 saturated carbocycles. The molecule has 4 heteroatoms. The summed E-state index contributed by atoms with van der Waals surface area (Å²) in [6.07, 6.45) is 5.20. The Balaban J connectivity index is 1.58. The summed E-state index contributed by atoms with van der Waals surface area (Å²) >= 11 is 1.85. The quantitative estimate of drug-likeness (QED) is 0.889. The van der Waals surface area contributed by atoms with E-state index >= 15 is 0 Å². The highest BCUT2D eigenvalue weighted by Gasteiger charge is 2.23. The van der Waals surface area contributed by atoms with Crippen molar-refractivity contribution in [2.75, 3.05) is 26.7 Å². The Morgan fingerprint density at radius 1 is 1.53 bits per heavy atom. The minimum absolute atomic E-state index is 0.592. The van der Waals surface area contributed by atoms with Gasteiger partial charge in [-0.1, -0.05) is 6.42 Å². The van der Waals surface area contributed by atoms with Gasteiger partial charge in [-0.05, 0) is 19.9 Å². The van der Waals surface area contributed by atoms with Gasteiger partial charge in [0.15, 0.2) is 0 Å². The number of thiazole rings is 1. The Kier molecular flexibility index (Phi) is 3.45. The molecule has 2 aliphatic rings. The lowest BCUT2D eigenvalue weighted by Crippen LogP contribution is -2.49. The van der Waals surface area contributed by atoms with Crippen LogP contribution in [-0.2, 0) is 6.42 Å². The van der Waals surface area contributed by atoms with E-state index in [1.807, 2.05) is 11.3 Å². The van der Waals surface area contributed by atoms with Crippen LogP contribution >= 0.6 is 11.3 Å². The van der Waals surface area contributed by atoms with Crippen molar-refractivity contribution in [2.45, 2.75) is 37.6 Å². The first-order valence-corrected chi connectivity index (χ1v) is 7.55. The van der Waals surface area contributed by atoms with Crippen molar-refractivity contribution in [3.05, 3.63) is 16.1 Å². The number of hydrogen-bond acceptors (Lipinski definition) is 4. The zero-order chi connectivity index (χ0) is 11.7. The molecule has 3 nitrogen and oxygen atoms in total. The van der Waals surface area contributed by atoms with Crippen LogP contribution in [-0.4, -0.2) is 42.6 Å². The summed E-state index contributed by atoms with van der Waals surface area (Å²) in [6, 6.07) is 0.592. The molecule has 0 spiro atoms. The maximum absolute atomic E-state index is 4.81. The van der Waals surface area contributed by atoms with E-state index in [0.717, 1.165) is 25.4 Å². The normalized spacial score (nSPS) is 27.0. The van der Waals surface area contributed by atoms with Crippen molar-refractivity contribution in [3.63, 3.8) is 0 Å². The average molecular weight is 251 g/mol. The van der Waals surface area contributed by atoms with Crippen LogP contribution in [0.4, 0.5) is 0 Å². The Hall–Kier alpha value is -0.450. The van der Waals surface area contributed by atoms with Crippen molar-refractivity contribution < 1.29 is 0 Å². The van der Waals surface area contributed by atoms with Crippen LogP contribution in [0.1, 0.15) is 35.9 Å². The molecule has 0 radical (unpaired) electrons. The van der Waals surface area contributed by atoms with Gasteiger partial charge in [-0.2, -0.15) is 0 Å². The summed E-state index contributed by atoms with van der Waals surface area (Å²) in [5, 5.41) is 7.19. The minimum atomic E-state index is 0.592. The molecular formula is C13H21N3S. The molecule has 1 aromatic rings. The fourth-order valence-electron chi connectivity index (χ4n) is 2.65. The van der Waals surface area contributed by atoms with Crippen LogP contribution in [0, 0.1) is 0 Å². The van der Waals surface area contributed by atoms with E-state index in [1.165, 1.54) is 36.5 Å². The van der Waals surface area contributed by atoms with Crippen LogP contribution in [0.3, 0.4) is 0 Å². The van der Waals surface area contributed by atoms with Crippen molar-refractivity contribution in [3.8, 4) is 0 Å². The third-order valence-corrected chi connectivity index (χ3v) is 4.86. The molecule has 1 saturated heterocycles. The Morgan fingerprint density at radius 2 is 2.41 bits per heavy atom. The van der Waals surface area contributed by atoms with Crippen LogP contribution in [0.2, 0.25) is 0 Å². The highest BCUT2D eigenvalue weighted by molar-refractivity contribution is 7.09.